The van der Waals surface area contributed by atoms with E-state index in [1.807, 2.05) is 60.7 Å². The normalized spacial score (nSPS) is 10.1. The number of hydrogen-bond donors (Lipinski definition) is 3. The first-order valence-electron chi connectivity index (χ1n) is 10.9. The minimum atomic E-state index is -0.526. The van der Waals surface area contributed by atoms with Gasteiger partial charge in [-0.25, -0.2) is 0 Å². The highest BCUT2D eigenvalue weighted by Gasteiger charge is 2.14. The number of amides is 3. The molecule has 3 rings (SSSR count). The summed E-state index contributed by atoms with van der Waals surface area (Å²) in [6.07, 6.45) is -0.0501. The van der Waals surface area contributed by atoms with E-state index in [4.69, 9.17) is 9.47 Å². The van der Waals surface area contributed by atoms with Crippen molar-refractivity contribution in [3.05, 3.63) is 96.1 Å². The number of para-hydroxylation sites is 2. The average molecular weight is 462 g/mol. The Labute approximate surface area is 198 Å². The zero-order chi connectivity index (χ0) is 24.0. The van der Waals surface area contributed by atoms with E-state index in [-0.39, 0.29) is 30.9 Å². The SMILES string of the molecule is O=C(CCC(=O)NNC(=O)c1ccccc1OCCOc1ccccc1)NCc1ccccc1. The van der Waals surface area contributed by atoms with E-state index in [2.05, 4.69) is 16.2 Å². The van der Waals surface area contributed by atoms with Gasteiger partial charge in [-0.15, -0.1) is 0 Å². The second kappa shape index (κ2) is 13.3. The van der Waals surface area contributed by atoms with Gasteiger partial charge in [-0.3, -0.25) is 25.2 Å². The van der Waals surface area contributed by atoms with Gasteiger partial charge < -0.3 is 14.8 Å². The number of ether oxygens (including phenoxy) is 2. The molecule has 0 saturated carbocycles. The van der Waals surface area contributed by atoms with E-state index in [1.165, 1.54) is 0 Å². The second-order valence-corrected chi connectivity index (χ2v) is 7.27. The van der Waals surface area contributed by atoms with Crippen LogP contribution in [-0.4, -0.2) is 30.9 Å². The minimum Gasteiger partial charge on any atom is -0.490 e. The number of hydrogen-bond acceptors (Lipinski definition) is 5. The van der Waals surface area contributed by atoms with Gasteiger partial charge in [0.25, 0.3) is 5.91 Å². The van der Waals surface area contributed by atoms with Crippen molar-refractivity contribution in [3.8, 4) is 11.5 Å². The van der Waals surface area contributed by atoms with Gasteiger partial charge in [0.1, 0.15) is 24.7 Å². The van der Waals surface area contributed by atoms with Gasteiger partial charge in [0.2, 0.25) is 11.8 Å². The zero-order valence-corrected chi connectivity index (χ0v) is 18.7. The van der Waals surface area contributed by atoms with Gasteiger partial charge in [0.05, 0.1) is 5.56 Å². The van der Waals surface area contributed by atoms with Crippen molar-refractivity contribution in [1.29, 1.82) is 0 Å². The molecule has 3 aromatic carbocycles. The molecule has 34 heavy (non-hydrogen) atoms. The van der Waals surface area contributed by atoms with Crippen LogP contribution in [0.1, 0.15) is 28.8 Å². The highest BCUT2D eigenvalue weighted by molar-refractivity contribution is 5.98. The molecule has 8 heteroatoms. The Hall–Kier alpha value is -4.33. The van der Waals surface area contributed by atoms with E-state index < -0.39 is 11.8 Å². The number of carbonyl (C=O) groups excluding carboxylic acids is 3. The highest BCUT2D eigenvalue weighted by Crippen LogP contribution is 2.18. The van der Waals surface area contributed by atoms with Crippen LogP contribution in [-0.2, 0) is 16.1 Å². The highest BCUT2D eigenvalue weighted by atomic mass is 16.5. The van der Waals surface area contributed by atoms with Crippen LogP contribution in [0.4, 0.5) is 0 Å². The van der Waals surface area contributed by atoms with Crippen molar-refractivity contribution in [2.45, 2.75) is 19.4 Å². The van der Waals surface area contributed by atoms with Gasteiger partial charge in [-0.2, -0.15) is 0 Å². The predicted octanol–water partition coefficient (Wildman–Crippen LogP) is 3.00. The van der Waals surface area contributed by atoms with Crippen LogP contribution in [0.15, 0.2) is 84.9 Å². The Morgan fingerprint density at radius 3 is 2.03 bits per heavy atom. The molecular weight excluding hydrogens is 434 g/mol. The molecule has 0 fully saturated rings. The van der Waals surface area contributed by atoms with Gasteiger partial charge in [-0.05, 0) is 29.8 Å². The third-order valence-corrected chi connectivity index (χ3v) is 4.71. The summed E-state index contributed by atoms with van der Waals surface area (Å²) in [5.41, 5.74) is 5.92. The van der Waals surface area contributed by atoms with Crippen LogP contribution in [0, 0.1) is 0 Å². The van der Waals surface area contributed by atoms with Crippen molar-refractivity contribution in [3.63, 3.8) is 0 Å². The fourth-order valence-electron chi connectivity index (χ4n) is 2.98. The fourth-order valence-corrected chi connectivity index (χ4v) is 2.98. The van der Waals surface area contributed by atoms with Gasteiger partial charge in [0, 0.05) is 19.4 Å². The summed E-state index contributed by atoms with van der Waals surface area (Å²) in [6, 6.07) is 25.5. The van der Waals surface area contributed by atoms with Crippen molar-refractivity contribution in [2.24, 2.45) is 0 Å². The lowest BCUT2D eigenvalue weighted by molar-refractivity contribution is -0.126. The van der Waals surface area contributed by atoms with E-state index in [0.717, 1.165) is 11.3 Å². The molecule has 0 aliphatic heterocycles. The summed E-state index contributed by atoms with van der Waals surface area (Å²) in [4.78, 5) is 36.5. The zero-order valence-electron chi connectivity index (χ0n) is 18.7. The number of nitrogens with one attached hydrogen (secondary N) is 3. The minimum absolute atomic E-state index is 0.00957. The Balaban J connectivity index is 1.37. The Morgan fingerprint density at radius 1 is 0.647 bits per heavy atom. The van der Waals surface area contributed by atoms with E-state index in [0.29, 0.717) is 18.9 Å². The largest absolute Gasteiger partial charge is 0.490 e. The molecule has 0 unspecified atom stereocenters. The molecular formula is C26H27N3O5. The number of hydrazine groups is 1. The van der Waals surface area contributed by atoms with Crippen LogP contribution in [0.5, 0.6) is 11.5 Å². The van der Waals surface area contributed by atoms with Crippen LogP contribution in [0.2, 0.25) is 0 Å². The number of benzene rings is 3. The van der Waals surface area contributed by atoms with Crippen LogP contribution in [0.3, 0.4) is 0 Å². The topological polar surface area (TPSA) is 106 Å². The van der Waals surface area contributed by atoms with Crippen molar-refractivity contribution < 1.29 is 23.9 Å². The summed E-state index contributed by atoms with van der Waals surface area (Å²) in [5, 5.41) is 2.75. The molecule has 0 aliphatic rings. The third-order valence-electron chi connectivity index (χ3n) is 4.71. The number of rotatable bonds is 11. The Kier molecular flexibility index (Phi) is 9.49. The van der Waals surface area contributed by atoms with Crippen molar-refractivity contribution in [2.75, 3.05) is 13.2 Å². The maximum absolute atomic E-state index is 12.5. The van der Waals surface area contributed by atoms with Crippen LogP contribution < -0.4 is 25.6 Å². The lowest BCUT2D eigenvalue weighted by atomic mass is 10.2. The first kappa shape index (κ1) is 24.3. The van der Waals surface area contributed by atoms with Gasteiger partial charge >= 0.3 is 0 Å². The summed E-state index contributed by atoms with van der Waals surface area (Å²) in [6.45, 7) is 0.942. The maximum atomic E-state index is 12.5. The first-order chi connectivity index (χ1) is 16.6. The molecule has 0 aliphatic carbocycles. The van der Waals surface area contributed by atoms with Gasteiger partial charge in [0.15, 0.2) is 0 Å². The summed E-state index contributed by atoms with van der Waals surface area (Å²) >= 11 is 0. The van der Waals surface area contributed by atoms with Crippen molar-refractivity contribution >= 4 is 17.7 Å². The molecule has 176 valence electrons. The molecule has 3 aromatic rings. The maximum Gasteiger partial charge on any atom is 0.273 e. The molecule has 3 N–H and O–H groups in total. The fraction of sp³-hybridized carbons (Fsp3) is 0.192. The smallest absolute Gasteiger partial charge is 0.273 e. The summed E-state index contributed by atoms with van der Waals surface area (Å²) < 4.78 is 11.3. The summed E-state index contributed by atoms with van der Waals surface area (Å²) in [7, 11) is 0. The third kappa shape index (κ3) is 8.31. The monoisotopic (exact) mass is 461 g/mol. The molecule has 0 bridgehead atoms. The Bertz CT molecular complexity index is 1070. The lowest BCUT2D eigenvalue weighted by Crippen LogP contribution is -2.42. The van der Waals surface area contributed by atoms with E-state index in [1.54, 1.807) is 24.3 Å². The molecule has 8 nitrogen and oxygen atoms in total. The van der Waals surface area contributed by atoms with E-state index in [9.17, 15) is 14.4 Å². The van der Waals surface area contributed by atoms with Crippen LogP contribution >= 0.6 is 0 Å². The second-order valence-electron chi connectivity index (χ2n) is 7.27. The lowest BCUT2D eigenvalue weighted by Gasteiger charge is -2.13. The van der Waals surface area contributed by atoms with E-state index >= 15 is 0 Å². The molecule has 0 spiro atoms. The Morgan fingerprint density at radius 2 is 1.26 bits per heavy atom. The molecule has 0 saturated heterocycles. The first-order valence-corrected chi connectivity index (χ1v) is 10.9. The quantitative estimate of drug-likeness (QED) is 0.301. The standard InChI is InChI=1S/C26H27N3O5/c30-24(27-19-20-9-3-1-4-10-20)15-16-25(31)28-29-26(32)22-13-7-8-14-23(22)34-18-17-33-21-11-5-2-6-12-21/h1-14H,15-19H2,(H,27,30)(H,28,31)(H,29,32). The molecule has 3 amide bonds. The molecule has 0 aromatic heterocycles. The summed E-state index contributed by atoms with van der Waals surface area (Å²) in [5.74, 6) is -0.152. The van der Waals surface area contributed by atoms with Crippen LogP contribution in [0.25, 0.3) is 0 Å². The van der Waals surface area contributed by atoms with Crippen molar-refractivity contribution in [1.82, 2.24) is 16.2 Å². The predicted molar refractivity (Wildman–Crippen MR) is 127 cm³/mol. The molecule has 0 atom stereocenters. The van der Waals surface area contributed by atoms with Gasteiger partial charge in [-0.1, -0.05) is 60.7 Å². The number of carbonyl (C=O) groups is 3. The molecule has 0 heterocycles. The molecule has 0 radical (unpaired) electrons. The average Bonchev–Trinajstić information content (AvgIpc) is 2.88.